The van der Waals surface area contributed by atoms with Crippen LogP contribution in [0.25, 0.3) is 22.6 Å². The summed E-state index contributed by atoms with van der Waals surface area (Å²) in [7, 11) is 0. The van der Waals surface area contributed by atoms with E-state index in [1.807, 2.05) is 12.1 Å². The van der Waals surface area contributed by atoms with Crippen LogP contribution in [0.2, 0.25) is 0 Å². The summed E-state index contributed by atoms with van der Waals surface area (Å²) in [4.78, 5) is 13.3. The number of aliphatic hydroxyl groups is 1. The molecule has 8 heteroatoms. The van der Waals surface area contributed by atoms with Crippen molar-refractivity contribution in [2.75, 3.05) is 11.9 Å². The fourth-order valence-corrected chi connectivity index (χ4v) is 2.59. The van der Waals surface area contributed by atoms with Crippen molar-refractivity contribution in [3.63, 3.8) is 0 Å². The number of hydrogen-bond donors (Lipinski definition) is 3. The van der Waals surface area contributed by atoms with Crippen LogP contribution >= 0.6 is 12.2 Å². The van der Waals surface area contributed by atoms with E-state index in [1.54, 1.807) is 18.3 Å². The highest BCUT2D eigenvalue weighted by Gasteiger charge is 2.21. The first kappa shape index (κ1) is 15.9. The molecule has 0 amide bonds. The number of aliphatic hydroxyl groups excluding tert-OH is 1. The molecule has 1 aliphatic rings. The third-order valence-electron chi connectivity index (χ3n) is 3.97. The fraction of sp³-hybridized carbons (Fsp3) is 0.294. The molecule has 0 radical (unpaired) electrons. The molecule has 0 spiro atoms. The molecule has 0 aromatic carbocycles. The highest BCUT2D eigenvalue weighted by molar-refractivity contribution is 7.80. The maximum atomic E-state index is 9.10. The predicted molar refractivity (Wildman–Crippen MR) is 97.9 cm³/mol. The lowest BCUT2D eigenvalue weighted by atomic mass is 10.3. The van der Waals surface area contributed by atoms with Gasteiger partial charge in [0.2, 0.25) is 0 Å². The SMILES string of the molecule is OCc1ccc(-c2cnc3ccc(NC(=S)NCC4CC4)nc3n2)o1. The van der Waals surface area contributed by atoms with Crippen molar-refractivity contribution in [3.8, 4) is 11.5 Å². The van der Waals surface area contributed by atoms with Crippen molar-refractivity contribution < 1.29 is 9.52 Å². The zero-order chi connectivity index (χ0) is 17.2. The summed E-state index contributed by atoms with van der Waals surface area (Å²) < 4.78 is 5.50. The average molecular weight is 355 g/mol. The van der Waals surface area contributed by atoms with Gasteiger partial charge >= 0.3 is 0 Å². The minimum atomic E-state index is -0.154. The lowest BCUT2D eigenvalue weighted by Gasteiger charge is -2.09. The quantitative estimate of drug-likeness (QED) is 0.601. The summed E-state index contributed by atoms with van der Waals surface area (Å²) >= 11 is 5.29. The first-order valence-electron chi connectivity index (χ1n) is 8.10. The van der Waals surface area contributed by atoms with Gasteiger partial charge in [0, 0.05) is 6.54 Å². The molecule has 0 bridgehead atoms. The summed E-state index contributed by atoms with van der Waals surface area (Å²) in [6, 6.07) is 7.11. The van der Waals surface area contributed by atoms with Crippen LogP contribution in [-0.2, 0) is 6.61 Å². The lowest BCUT2D eigenvalue weighted by Crippen LogP contribution is -2.30. The van der Waals surface area contributed by atoms with Crippen molar-refractivity contribution in [2.24, 2.45) is 5.92 Å². The van der Waals surface area contributed by atoms with Crippen molar-refractivity contribution in [1.29, 1.82) is 0 Å². The Hall–Kier alpha value is -2.58. The van der Waals surface area contributed by atoms with Crippen LogP contribution in [0.4, 0.5) is 5.82 Å². The van der Waals surface area contributed by atoms with E-state index >= 15 is 0 Å². The van der Waals surface area contributed by atoms with Gasteiger partial charge in [0.05, 0.1) is 6.20 Å². The smallest absolute Gasteiger partial charge is 0.180 e. The Bertz CT molecular complexity index is 922. The largest absolute Gasteiger partial charge is 0.457 e. The summed E-state index contributed by atoms with van der Waals surface area (Å²) in [5, 5.41) is 15.9. The number of nitrogens with one attached hydrogen (secondary N) is 2. The van der Waals surface area contributed by atoms with Gasteiger partial charge in [-0.3, -0.25) is 4.98 Å². The highest BCUT2D eigenvalue weighted by atomic mass is 32.1. The Balaban J connectivity index is 1.54. The second-order valence-electron chi connectivity index (χ2n) is 6.00. The molecule has 7 nitrogen and oxygen atoms in total. The van der Waals surface area contributed by atoms with E-state index in [2.05, 4.69) is 25.6 Å². The molecular formula is C17H17N5O2S. The van der Waals surface area contributed by atoms with Crippen LogP contribution in [0, 0.1) is 5.92 Å². The molecule has 3 aromatic rings. The van der Waals surface area contributed by atoms with Gasteiger partial charge in [-0.25, -0.2) is 9.97 Å². The first-order chi connectivity index (χ1) is 12.2. The van der Waals surface area contributed by atoms with E-state index in [-0.39, 0.29) is 6.61 Å². The minimum Gasteiger partial charge on any atom is -0.457 e. The average Bonchev–Trinajstić information content (AvgIpc) is 3.34. The van der Waals surface area contributed by atoms with Crippen LogP contribution in [0.15, 0.2) is 34.9 Å². The van der Waals surface area contributed by atoms with E-state index in [0.717, 1.165) is 12.5 Å². The van der Waals surface area contributed by atoms with Gasteiger partial charge < -0.3 is 20.2 Å². The molecule has 25 heavy (non-hydrogen) atoms. The number of aromatic nitrogens is 3. The van der Waals surface area contributed by atoms with Crippen molar-refractivity contribution in [1.82, 2.24) is 20.3 Å². The third kappa shape index (κ3) is 3.75. The van der Waals surface area contributed by atoms with Gasteiger partial charge in [0.1, 0.15) is 29.4 Å². The Morgan fingerprint density at radius 3 is 2.88 bits per heavy atom. The monoisotopic (exact) mass is 355 g/mol. The van der Waals surface area contributed by atoms with Crippen molar-refractivity contribution >= 4 is 34.3 Å². The lowest BCUT2D eigenvalue weighted by molar-refractivity contribution is 0.248. The summed E-state index contributed by atoms with van der Waals surface area (Å²) in [6.45, 7) is 0.744. The number of furan rings is 1. The highest BCUT2D eigenvalue weighted by Crippen LogP contribution is 2.27. The van der Waals surface area contributed by atoms with Gasteiger partial charge in [0.25, 0.3) is 0 Å². The van der Waals surface area contributed by atoms with Gasteiger partial charge in [-0.2, -0.15) is 0 Å². The maximum Gasteiger partial charge on any atom is 0.180 e. The molecule has 4 rings (SSSR count). The molecule has 128 valence electrons. The molecule has 0 aliphatic heterocycles. The molecule has 3 heterocycles. The minimum absolute atomic E-state index is 0.154. The molecule has 3 aromatic heterocycles. The van der Waals surface area contributed by atoms with Crippen LogP contribution < -0.4 is 10.6 Å². The molecule has 1 saturated carbocycles. The first-order valence-corrected chi connectivity index (χ1v) is 8.50. The Kier molecular flexibility index (Phi) is 4.29. The summed E-state index contributed by atoms with van der Waals surface area (Å²) in [5.41, 5.74) is 1.74. The number of anilines is 1. The molecule has 0 unspecified atom stereocenters. The zero-order valence-corrected chi connectivity index (χ0v) is 14.2. The van der Waals surface area contributed by atoms with Crippen LogP contribution in [0.1, 0.15) is 18.6 Å². The molecule has 0 saturated heterocycles. The topological polar surface area (TPSA) is 96.1 Å². The van der Waals surface area contributed by atoms with Crippen molar-refractivity contribution in [2.45, 2.75) is 19.4 Å². The van der Waals surface area contributed by atoms with Gasteiger partial charge in [-0.05, 0) is 55.2 Å². The number of thiocarbonyl (C=S) groups is 1. The van der Waals surface area contributed by atoms with Crippen molar-refractivity contribution in [3.05, 3.63) is 36.2 Å². The van der Waals surface area contributed by atoms with Crippen LogP contribution in [0.3, 0.4) is 0 Å². The van der Waals surface area contributed by atoms with Crippen LogP contribution in [-0.4, -0.2) is 31.7 Å². The van der Waals surface area contributed by atoms with E-state index in [1.165, 1.54) is 12.8 Å². The standard InChI is InChI=1S/C17H17N5O2S/c23-9-11-3-5-14(24-11)13-8-18-12-4-6-15(21-16(12)20-13)22-17(25)19-7-10-1-2-10/h3-6,8,10,23H,1-2,7,9H2,(H2,19,20,21,22,25). The summed E-state index contributed by atoms with van der Waals surface area (Å²) in [5.74, 6) is 2.38. The van der Waals surface area contributed by atoms with E-state index in [0.29, 0.717) is 39.3 Å². The number of nitrogens with zero attached hydrogens (tertiary/aromatic N) is 3. The van der Waals surface area contributed by atoms with Crippen LogP contribution in [0.5, 0.6) is 0 Å². The molecule has 0 atom stereocenters. The molecule has 1 fully saturated rings. The van der Waals surface area contributed by atoms with E-state index < -0.39 is 0 Å². The molecular weight excluding hydrogens is 338 g/mol. The molecule has 1 aliphatic carbocycles. The second kappa shape index (κ2) is 6.73. The van der Waals surface area contributed by atoms with Gasteiger partial charge in [-0.1, -0.05) is 0 Å². The van der Waals surface area contributed by atoms with Gasteiger partial charge in [-0.15, -0.1) is 0 Å². The Morgan fingerprint density at radius 2 is 2.12 bits per heavy atom. The molecule has 3 N–H and O–H groups in total. The van der Waals surface area contributed by atoms with Gasteiger partial charge in [0.15, 0.2) is 16.5 Å². The predicted octanol–water partition coefficient (Wildman–Crippen LogP) is 2.47. The zero-order valence-electron chi connectivity index (χ0n) is 13.4. The van der Waals surface area contributed by atoms with E-state index in [4.69, 9.17) is 21.7 Å². The second-order valence-corrected chi connectivity index (χ2v) is 6.41. The normalized spacial score (nSPS) is 13.8. The van der Waals surface area contributed by atoms with E-state index in [9.17, 15) is 0 Å². The number of pyridine rings is 1. The number of rotatable bonds is 5. The number of fused-ring (bicyclic) bond motifs is 1. The number of hydrogen-bond acceptors (Lipinski definition) is 6. The Labute approximate surface area is 149 Å². The fourth-order valence-electron chi connectivity index (χ4n) is 2.41. The summed E-state index contributed by atoms with van der Waals surface area (Å²) in [6.07, 6.45) is 4.17. The maximum absolute atomic E-state index is 9.10. The third-order valence-corrected chi connectivity index (χ3v) is 4.21. The Morgan fingerprint density at radius 1 is 1.24 bits per heavy atom.